The summed E-state index contributed by atoms with van der Waals surface area (Å²) in [6.07, 6.45) is 3.26. The maximum atomic E-state index is 5.79. The normalized spacial score (nSPS) is 15.2. The molecule has 0 spiro atoms. The highest BCUT2D eigenvalue weighted by atomic mass is 16.5. The Bertz CT molecular complexity index is 1270. The van der Waals surface area contributed by atoms with Crippen molar-refractivity contribution in [3.63, 3.8) is 0 Å². The number of rotatable bonds is 5. The van der Waals surface area contributed by atoms with Gasteiger partial charge < -0.3 is 14.8 Å². The van der Waals surface area contributed by atoms with Gasteiger partial charge in [0.1, 0.15) is 0 Å². The summed E-state index contributed by atoms with van der Waals surface area (Å²) in [4.78, 5) is 4.88. The van der Waals surface area contributed by atoms with Crippen LogP contribution in [0.1, 0.15) is 29.7 Å². The van der Waals surface area contributed by atoms with Crippen LogP contribution in [0.2, 0.25) is 0 Å². The van der Waals surface area contributed by atoms with Crippen LogP contribution in [0.15, 0.2) is 72.8 Å². The second kappa shape index (κ2) is 7.84. The average Bonchev–Trinajstić information content (AvgIpc) is 3.21. The summed E-state index contributed by atoms with van der Waals surface area (Å²) in [6, 6.07) is 22.8. The topological polar surface area (TPSA) is 48.3 Å². The number of para-hydroxylation sites is 3. The smallest absolute Gasteiger partial charge is 0.209 e. The average molecular weight is 412 g/mol. The quantitative estimate of drug-likeness (QED) is 0.460. The summed E-state index contributed by atoms with van der Waals surface area (Å²) in [5, 5.41) is 3.55. The van der Waals surface area contributed by atoms with E-state index in [1.807, 2.05) is 30.3 Å². The predicted molar refractivity (Wildman–Crippen MR) is 125 cm³/mol. The van der Waals surface area contributed by atoms with Gasteiger partial charge in [-0.1, -0.05) is 55.5 Å². The standard InChI is InChI=1S/C26H25N3O2/c1-4-17-12-14-18(15-13-17)21-16-23(19-8-7-11-24(30-2)25(19)31-3)29-22-10-6-5-9-20(22)27-26(29)28-21/h5-16,23H,4H2,1-3H3,(H,27,28)/t23-/m1/s1. The SMILES string of the molecule is CCc1ccc(C2=C[C@H](c3cccc(OC)c3OC)n3c(nc4ccccc43)N2)cc1. The molecule has 5 nitrogen and oxygen atoms in total. The number of hydrogen-bond donors (Lipinski definition) is 1. The zero-order valence-corrected chi connectivity index (χ0v) is 17.9. The zero-order chi connectivity index (χ0) is 21.4. The lowest BCUT2D eigenvalue weighted by Crippen LogP contribution is -2.19. The Balaban J connectivity index is 1.73. The Labute approximate surface area is 182 Å². The number of aromatic nitrogens is 2. The molecule has 3 aromatic carbocycles. The van der Waals surface area contributed by atoms with E-state index in [4.69, 9.17) is 14.5 Å². The number of nitrogens with one attached hydrogen (secondary N) is 1. The van der Waals surface area contributed by atoms with Gasteiger partial charge in [-0.05, 0) is 41.8 Å². The molecule has 0 amide bonds. The fourth-order valence-corrected chi connectivity index (χ4v) is 4.27. The van der Waals surface area contributed by atoms with Gasteiger partial charge >= 0.3 is 0 Å². The third-order valence-electron chi connectivity index (χ3n) is 5.87. The number of benzene rings is 3. The molecular weight excluding hydrogens is 386 g/mol. The van der Waals surface area contributed by atoms with Gasteiger partial charge in [-0.3, -0.25) is 4.57 Å². The first-order valence-electron chi connectivity index (χ1n) is 10.5. The summed E-state index contributed by atoms with van der Waals surface area (Å²) in [5.74, 6) is 2.26. The second-order valence-corrected chi connectivity index (χ2v) is 7.58. The first kappa shape index (κ1) is 19.2. The molecule has 0 saturated heterocycles. The number of imidazole rings is 1. The van der Waals surface area contributed by atoms with Gasteiger partial charge in [0.05, 0.1) is 31.3 Å². The molecule has 5 heteroatoms. The van der Waals surface area contributed by atoms with Crippen molar-refractivity contribution in [3.05, 3.63) is 89.5 Å². The predicted octanol–water partition coefficient (Wildman–Crippen LogP) is 5.67. The molecular formula is C26H25N3O2. The number of anilines is 1. The van der Waals surface area contributed by atoms with Crippen LogP contribution < -0.4 is 14.8 Å². The monoisotopic (exact) mass is 411 g/mol. The summed E-state index contributed by atoms with van der Waals surface area (Å²) in [7, 11) is 3.35. The van der Waals surface area contributed by atoms with Gasteiger partial charge in [-0.25, -0.2) is 4.98 Å². The number of fused-ring (bicyclic) bond motifs is 3. The lowest BCUT2D eigenvalue weighted by molar-refractivity contribution is 0.350. The van der Waals surface area contributed by atoms with E-state index in [2.05, 4.69) is 59.3 Å². The maximum absolute atomic E-state index is 5.79. The first-order chi connectivity index (χ1) is 15.2. The molecule has 4 aromatic rings. The number of methoxy groups -OCH3 is 2. The van der Waals surface area contributed by atoms with Gasteiger partial charge in [-0.15, -0.1) is 0 Å². The van der Waals surface area contributed by atoms with Crippen molar-refractivity contribution >= 4 is 22.7 Å². The van der Waals surface area contributed by atoms with E-state index in [1.54, 1.807) is 14.2 Å². The molecule has 1 atom stereocenters. The Kier molecular flexibility index (Phi) is 4.86. The minimum absolute atomic E-state index is 0.102. The number of nitrogens with zero attached hydrogens (tertiary/aromatic N) is 2. The molecule has 0 unspecified atom stereocenters. The van der Waals surface area contributed by atoms with Crippen LogP contribution in [0, 0.1) is 0 Å². The van der Waals surface area contributed by atoms with Crippen LogP contribution in [-0.2, 0) is 6.42 Å². The van der Waals surface area contributed by atoms with Gasteiger partial charge in [0.25, 0.3) is 0 Å². The molecule has 0 aliphatic carbocycles. The number of allylic oxidation sites excluding steroid dienone is 1. The summed E-state index contributed by atoms with van der Waals surface area (Å²) in [6.45, 7) is 2.17. The molecule has 31 heavy (non-hydrogen) atoms. The molecule has 1 aliphatic heterocycles. The van der Waals surface area contributed by atoms with Crippen molar-refractivity contribution in [1.29, 1.82) is 0 Å². The van der Waals surface area contributed by atoms with Crippen molar-refractivity contribution in [2.24, 2.45) is 0 Å². The highest BCUT2D eigenvalue weighted by Crippen LogP contribution is 2.42. The zero-order valence-electron chi connectivity index (χ0n) is 17.9. The molecule has 156 valence electrons. The summed E-state index contributed by atoms with van der Waals surface area (Å²) >= 11 is 0. The minimum atomic E-state index is -0.102. The van der Waals surface area contributed by atoms with Crippen LogP contribution in [0.25, 0.3) is 16.7 Å². The molecule has 1 aromatic heterocycles. The van der Waals surface area contributed by atoms with Crippen molar-refractivity contribution in [3.8, 4) is 11.5 Å². The molecule has 1 N–H and O–H groups in total. The van der Waals surface area contributed by atoms with E-state index in [0.29, 0.717) is 5.75 Å². The van der Waals surface area contributed by atoms with Gasteiger partial charge in [0, 0.05) is 11.3 Å². The minimum Gasteiger partial charge on any atom is -0.493 e. The van der Waals surface area contributed by atoms with Gasteiger partial charge in [-0.2, -0.15) is 0 Å². The Morgan fingerprint density at radius 3 is 2.48 bits per heavy atom. The first-order valence-corrected chi connectivity index (χ1v) is 10.5. The van der Waals surface area contributed by atoms with Gasteiger partial charge in [0.15, 0.2) is 11.5 Å². The van der Waals surface area contributed by atoms with E-state index < -0.39 is 0 Å². The van der Waals surface area contributed by atoms with Crippen LogP contribution in [-0.4, -0.2) is 23.8 Å². The second-order valence-electron chi connectivity index (χ2n) is 7.58. The molecule has 0 bridgehead atoms. The lowest BCUT2D eigenvalue weighted by atomic mass is 9.99. The maximum Gasteiger partial charge on any atom is 0.209 e. The molecule has 0 saturated carbocycles. The lowest BCUT2D eigenvalue weighted by Gasteiger charge is -2.28. The van der Waals surface area contributed by atoms with E-state index >= 15 is 0 Å². The highest BCUT2D eigenvalue weighted by Gasteiger charge is 2.28. The molecule has 1 aliphatic rings. The molecule has 2 heterocycles. The van der Waals surface area contributed by atoms with Crippen molar-refractivity contribution in [2.75, 3.05) is 19.5 Å². The Morgan fingerprint density at radius 1 is 0.935 bits per heavy atom. The van der Waals surface area contributed by atoms with Crippen molar-refractivity contribution < 1.29 is 9.47 Å². The largest absolute Gasteiger partial charge is 0.493 e. The van der Waals surface area contributed by atoms with E-state index in [1.165, 1.54) is 5.56 Å². The number of hydrogen-bond acceptors (Lipinski definition) is 4. The van der Waals surface area contributed by atoms with E-state index in [9.17, 15) is 0 Å². The fraction of sp³-hybridized carbons (Fsp3) is 0.192. The van der Waals surface area contributed by atoms with Crippen molar-refractivity contribution in [1.82, 2.24) is 9.55 Å². The Morgan fingerprint density at radius 2 is 1.74 bits per heavy atom. The Hall–Kier alpha value is -3.73. The van der Waals surface area contributed by atoms with Crippen LogP contribution in [0.4, 0.5) is 5.95 Å². The highest BCUT2D eigenvalue weighted by molar-refractivity contribution is 5.85. The van der Waals surface area contributed by atoms with Crippen LogP contribution >= 0.6 is 0 Å². The molecule has 0 radical (unpaired) electrons. The summed E-state index contributed by atoms with van der Waals surface area (Å²) in [5.41, 5.74) is 6.51. The number of aryl methyl sites for hydroxylation is 1. The molecule has 5 rings (SSSR count). The summed E-state index contributed by atoms with van der Waals surface area (Å²) < 4.78 is 13.6. The fourth-order valence-electron chi connectivity index (χ4n) is 4.27. The van der Waals surface area contributed by atoms with E-state index in [0.717, 1.165) is 46.0 Å². The van der Waals surface area contributed by atoms with Gasteiger partial charge in [0.2, 0.25) is 5.95 Å². The van der Waals surface area contributed by atoms with Crippen molar-refractivity contribution in [2.45, 2.75) is 19.4 Å². The van der Waals surface area contributed by atoms with E-state index in [-0.39, 0.29) is 6.04 Å². The third-order valence-corrected chi connectivity index (χ3v) is 5.87. The number of ether oxygens (including phenoxy) is 2. The van der Waals surface area contributed by atoms with Crippen LogP contribution in [0.3, 0.4) is 0 Å². The molecule has 0 fully saturated rings. The third kappa shape index (κ3) is 3.22. The van der Waals surface area contributed by atoms with Crippen LogP contribution in [0.5, 0.6) is 11.5 Å².